The van der Waals surface area contributed by atoms with E-state index in [0.717, 1.165) is 55.2 Å². The highest BCUT2D eigenvalue weighted by molar-refractivity contribution is 5.87. The fraction of sp³-hybridized carbons (Fsp3) is 0.455. The van der Waals surface area contributed by atoms with Crippen molar-refractivity contribution >= 4 is 22.6 Å². The number of carbonyl (C=O) groups is 2. The van der Waals surface area contributed by atoms with Crippen LogP contribution in [0.25, 0.3) is 10.8 Å². The smallest absolute Gasteiger partial charge is 0.305 e. The zero-order valence-corrected chi connectivity index (χ0v) is 15.5. The second-order valence-electron chi connectivity index (χ2n) is 7.23. The molecule has 0 bridgehead atoms. The molecule has 5 nitrogen and oxygen atoms in total. The number of ether oxygens (including phenoxy) is 1. The molecular weight excluding hydrogens is 342 g/mol. The topological polar surface area (TPSA) is 75.6 Å². The number of nitrogens with one attached hydrogen (secondary N) is 1. The van der Waals surface area contributed by atoms with Gasteiger partial charge in [-0.2, -0.15) is 0 Å². The molecule has 27 heavy (non-hydrogen) atoms. The Labute approximate surface area is 159 Å². The van der Waals surface area contributed by atoms with Gasteiger partial charge in [-0.15, -0.1) is 0 Å². The van der Waals surface area contributed by atoms with E-state index in [1.807, 2.05) is 42.5 Å². The first-order chi connectivity index (χ1) is 13.1. The van der Waals surface area contributed by atoms with Gasteiger partial charge in [0.25, 0.3) is 0 Å². The van der Waals surface area contributed by atoms with E-state index >= 15 is 0 Å². The van der Waals surface area contributed by atoms with Gasteiger partial charge in [-0.05, 0) is 47.9 Å². The molecule has 0 aromatic heterocycles. The van der Waals surface area contributed by atoms with Crippen molar-refractivity contribution in [2.24, 2.45) is 5.92 Å². The quantitative estimate of drug-likeness (QED) is 0.735. The highest BCUT2D eigenvalue weighted by Crippen LogP contribution is 2.27. The molecule has 0 aliphatic carbocycles. The van der Waals surface area contributed by atoms with Crippen molar-refractivity contribution in [1.29, 1.82) is 0 Å². The molecule has 1 atom stereocenters. The molecule has 1 aliphatic rings. The Kier molecular flexibility index (Phi) is 6.82. The predicted octanol–water partition coefficient (Wildman–Crippen LogP) is 4.07. The number of hydrogen-bond donors (Lipinski definition) is 2. The van der Waals surface area contributed by atoms with E-state index in [1.165, 1.54) is 0 Å². The number of carboxylic acids is 1. The maximum Gasteiger partial charge on any atom is 0.305 e. The fourth-order valence-corrected chi connectivity index (χ4v) is 3.82. The van der Waals surface area contributed by atoms with Crippen molar-refractivity contribution in [3.63, 3.8) is 0 Å². The molecular formula is C22H27NO4. The standard InChI is InChI=1S/C22H27NO4/c24-21(10-3-5-16-11-13-27-14-12-16)23-20(15-22(25)26)19-9-4-7-17-6-1-2-8-18(17)19/h1-2,4,6-9,16,20H,3,5,10-15H2,(H,23,24)(H,25,26)/t20-/m1/s1. The number of carbonyl (C=O) groups excluding carboxylic acids is 1. The lowest BCUT2D eigenvalue weighted by molar-refractivity contribution is -0.137. The summed E-state index contributed by atoms with van der Waals surface area (Å²) < 4.78 is 5.37. The minimum absolute atomic E-state index is 0.0822. The SMILES string of the molecule is O=C(O)C[C@@H](NC(=O)CCCC1CCOCC1)c1cccc2ccccc12. The third kappa shape index (κ3) is 5.54. The Morgan fingerprint density at radius 3 is 2.63 bits per heavy atom. The van der Waals surface area contributed by atoms with Gasteiger partial charge in [0.05, 0.1) is 12.5 Å². The fourth-order valence-electron chi connectivity index (χ4n) is 3.82. The highest BCUT2D eigenvalue weighted by atomic mass is 16.5. The number of aliphatic carboxylic acids is 1. The van der Waals surface area contributed by atoms with Crippen molar-refractivity contribution in [3.8, 4) is 0 Å². The number of carboxylic acid groups (broad SMARTS) is 1. The molecule has 0 spiro atoms. The van der Waals surface area contributed by atoms with Gasteiger partial charge in [0, 0.05) is 19.6 Å². The van der Waals surface area contributed by atoms with Crippen LogP contribution >= 0.6 is 0 Å². The Hall–Kier alpha value is -2.40. The van der Waals surface area contributed by atoms with Gasteiger partial charge in [0.15, 0.2) is 0 Å². The summed E-state index contributed by atoms with van der Waals surface area (Å²) in [7, 11) is 0. The molecule has 144 valence electrons. The monoisotopic (exact) mass is 369 g/mol. The van der Waals surface area contributed by atoms with Gasteiger partial charge in [0.1, 0.15) is 0 Å². The lowest BCUT2D eigenvalue weighted by atomic mass is 9.94. The van der Waals surface area contributed by atoms with Crippen LogP contribution in [0.3, 0.4) is 0 Å². The van der Waals surface area contributed by atoms with E-state index in [2.05, 4.69) is 5.32 Å². The summed E-state index contributed by atoms with van der Waals surface area (Å²) >= 11 is 0. The normalized spacial score (nSPS) is 16.1. The van der Waals surface area contributed by atoms with Crippen LogP contribution in [0.4, 0.5) is 0 Å². The zero-order chi connectivity index (χ0) is 19.1. The first-order valence-corrected chi connectivity index (χ1v) is 9.70. The lowest BCUT2D eigenvalue weighted by Crippen LogP contribution is -2.30. The van der Waals surface area contributed by atoms with E-state index in [0.29, 0.717) is 12.3 Å². The summed E-state index contributed by atoms with van der Waals surface area (Å²) in [4.78, 5) is 23.8. The van der Waals surface area contributed by atoms with Crippen LogP contribution in [0.2, 0.25) is 0 Å². The summed E-state index contributed by atoms with van der Waals surface area (Å²) in [5.74, 6) is -0.365. The van der Waals surface area contributed by atoms with Crippen LogP contribution in [0, 0.1) is 5.92 Å². The molecule has 2 aromatic rings. The van der Waals surface area contributed by atoms with Crippen LogP contribution in [-0.2, 0) is 14.3 Å². The molecule has 1 heterocycles. The minimum Gasteiger partial charge on any atom is -0.481 e. The summed E-state index contributed by atoms with van der Waals surface area (Å²) in [5.41, 5.74) is 0.855. The van der Waals surface area contributed by atoms with Gasteiger partial charge in [-0.1, -0.05) is 42.5 Å². The van der Waals surface area contributed by atoms with E-state index < -0.39 is 12.0 Å². The zero-order valence-electron chi connectivity index (χ0n) is 15.5. The molecule has 1 amide bonds. The largest absolute Gasteiger partial charge is 0.481 e. The molecule has 1 saturated heterocycles. The maximum atomic E-state index is 12.5. The Morgan fingerprint density at radius 2 is 1.85 bits per heavy atom. The van der Waals surface area contributed by atoms with Crippen LogP contribution in [0.5, 0.6) is 0 Å². The van der Waals surface area contributed by atoms with Crippen LogP contribution in [0.15, 0.2) is 42.5 Å². The van der Waals surface area contributed by atoms with Gasteiger partial charge in [-0.3, -0.25) is 9.59 Å². The van der Waals surface area contributed by atoms with E-state index in [9.17, 15) is 14.7 Å². The summed E-state index contributed by atoms with van der Waals surface area (Å²) in [6, 6.07) is 13.1. The third-order valence-corrected chi connectivity index (χ3v) is 5.27. The molecule has 0 unspecified atom stereocenters. The molecule has 0 saturated carbocycles. The Bertz CT molecular complexity index is 777. The number of benzene rings is 2. The van der Waals surface area contributed by atoms with Crippen LogP contribution < -0.4 is 5.32 Å². The molecule has 3 rings (SSSR count). The van der Waals surface area contributed by atoms with E-state index in [-0.39, 0.29) is 12.3 Å². The van der Waals surface area contributed by atoms with Gasteiger partial charge >= 0.3 is 5.97 Å². The van der Waals surface area contributed by atoms with Crippen LogP contribution in [-0.4, -0.2) is 30.2 Å². The van der Waals surface area contributed by atoms with Gasteiger partial charge in [-0.25, -0.2) is 0 Å². The Balaban J connectivity index is 1.64. The second kappa shape index (κ2) is 9.51. The Morgan fingerprint density at radius 1 is 1.11 bits per heavy atom. The van der Waals surface area contributed by atoms with Crippen molar-refractivity contribution in [3.05, 3.63) is 48.0 Å². The maximum absolute atomic E-state index is 12.5. The third-order valence-electron chi connectivity index (χ3n) is 5.27. The van der Waals surface area contributed by atoms with Crippen molar-refractivity contribution in [2.75, 3.05) is 13.2 Å². The summed E-state index contributed by atoms with van der Waals surface area (Å²) in [5, 5.41) is 14.3. The van der Waals surface area contributed by atoms with E-state index in [1.54, 1.807) is 0 Å². The highest BCUT2D eigenvalue weighted by Gasteiger charge is 2.20. The van der Waals surface area contributed by atoms with Crippen molar-refractivity contribution < 1.29 is 19.4 Å². The molecule has 2 N–H and O–H groups in total. The van der Waals surface area contributed by atoms with E-state index in [4.69, 9.17) is 4.74 Å². The number of amides is 1. The molecule has 2 aromatic carbocycles. The van der Waals surface area contributed by atoms with Crippen molar-refractivity contribution in [1.82, 2.24) is 5.32 Å². The minimum atomic E-state index is -0.921. The second-order valence-corrected chi connectivity index (χ2v) is 7.23. The van der Waals surface area contributed by atoms with Gasteiger partial charge in [0.2, 0.25) is 5.91 Å². The first-order valence-electron chi connectivity index (χ1n) is 9.70. The molecule has 1 aliphatic heterocycles. The number of fused-ring (bicyclic) bond motifs is 1. The first kappa shape index (κ1) is 19.4. The lowest BCUT2D eigenvalue weighted by Gasteiger charge is -2.22. The average Bonchev–Trinajstić information content (AvgIpc) is 2.67. The van der Waals surface area contributed by atoms with Crippen molar-refractivity contribution in [2.45, 2.75) is 44.6 Å². The number of rotatable bonds is 8. The predicted molar refractivity (Wildman–Crippen MR) is 104 cm³/mol. The number of hydrogen-bond acceptors (Lipinski definition) is 3. The molecule has 1 fully saturated rings. The summed E-state index contributed by atoms with van der Waals surface area (Å²) in [6.45, 7) is 1.64. The summed E-state index contributed by atoms with van der Waals surface area (Å²) in [6.07, 6.45) is 4.29. The van der Waals surface area contributed by atoms with Gasteiger partial charge < -0.3 is 15.2 Å². The molecule has 5 heteroatoms. The van der Waals surface area contributed by atoms with Crippen LogP contribution in [0.1, 0.15) is 50.1 Å². The molecule has 0 radical (unpaired) electrons. The average molecular weight is 369 g/mol.